The van der Waals surface area contributed by atoms with E-state index in [1.165, 1.54) is 6.33 Å². The van der Waals surface area contributed by atoms with Gasteiger partial charge < -0.3 is 30.1 Å². The third-order valence-corrected chi connectivity index (χ3v) is 15.3. The normalized spacial score (nSPS) is 22.3. The number of rotatable bonds is 10. The molecule has 6 aliphatic rings. The van der Waals surface area contributed by atoms with Crippen molar-refractivity contribution >= 4 is 46.3 Å². The SMILES string of the molecule is Nc1ncnc2c1c(-c1ccc(Oc3ccccc3)cc1)nn2C1CCCN(C2CCN(C(=O)N3CCN(CCN4CCN(c5ccc6c(c5)CN(C5CCC(=O)NC5=O)C6=O)CC4)CC3)CC2)C1. The molecule has 18 heteroatoms. The molecule has 3 aromatic carbocycles. The highest BCUT2D eigenvalue weighted by Crippen LogP contribution is 2.36. The maximum atomic E-state index is 13.8. The van der Waals surface area contributed by atoms with Crippen LogP contribution in [0.4, 0.5) is 16.3 Å². The highest BCUT2D eigenvalue weighted by Gasteiger charge is 2.40. The number of piperidine rings is 3. The van der Waals surface area contributed by atoms with Crippen LogP contribution in [0.15, 0.2) is 79.1 Å². The van der Waals surface area contributed by atoms with Crippen molar-refractivity contribution in [2.24, 2.45) is 0 Å². The molecule has 11 rings (SSSR count). The Morgan fingerprint density at radius 1 is 0.739 bits per heavy atom. The Bertz CT molecular complexity index is 2690. The maximum absolute atomic E-state index is 13.8. The highest BCUT2D eigenvalue weighted by atomic mass is 16.5. The van der Waals surface area contributed by atoms with Gasteiger partial charge in [-0.05, 0) is 98.8 Å². The fourth-order valence-electron chi connectivity index (χ4n) is 11.3. The van der Waals surface area contributed by atoms with Gasteiger partial charge in [-0.25, -0.2) is 19.4 Å². The number of imide groups is 1. The zero-order valence-electron chi connectivity index (χ0n) is 39.1. The number of hydrogen-bond donors (Lipinski definition) is 2. The van der Waals surface area contributed by atoms with Gasteiger partial charge in [0, 0.05) is 121 Å². The van der Waals surface area contributed by atoms with E-state index in [9.17, 15) is 19.2 Å². The molecule has 5 saturated heterocycles. The second-order valence-electron chi connectivity index (χ2n) is 19.4. The second kappa shape index (κ2) is 19.4. The molecule has 6 aliphatic heterocycles. The smallest absolute Gasteiger partial charge is 0.320 e. The van der Waals surface area contributed by atoms with Crippen LogP contribution < -0.4 is 20.7 Å². The number of ether oxygens (including phenoxy) is 1. The van der Waals surface area contributed by atoms with Crippen molar-refractivity contribution in [1.29, 1.82) is 0 Å². The van der Waals surface area contributed by atoms with Gasteiger partial charge in [0.25, 0.3) is 5.91 Å². The predicted octanol–water partition coefficient (Wildman–Crippen LogP) is 4.29. The summed E-state index contributed by atoms with van der Waals surface area (Å²) in [6, 6.07) is 23.8. The van der Waals surface area contributed by atoms with Crippen LogP contribution in [0, 0.1) is 0 Å². The van der Waals surface area contributed by atoms with Crippen LogP contribution in [0.3, 0.4) is 0 Å². The predicted molar refractivity (Wildman–Crippen MR) is 261 cm³/mol. The third-order valence-electron chi connectivity index (χ3n) is 15.3. The van der Waals surface area contributed by atoms with E-state index in [-0.39, 0.29) is 36.2 Å². The number of amides is 5. The number of aromatic nitrogens is 4. The number of carbonyl (C=O) groups is 4. The molecule has 5 fully saturated rings. The minimum absolute atomic E-state index is 0.137. The van der Waals surface area contributed by atoms with Crippen molar-refractivity contribution in [1.82, 2.24) is 54.5 Å². The van der Waals surface area contributed by atoms with Gasteiger partial charge in [-0.15, -0.1) is 0 Å². The lowest BCUT2D eigenvalue weighted by Crippen LogP contribution is -2.56. The molecule has 18 nitrogen and oxygen atoms in total. The van der Waals surface area contributed by atoms with Crippen molar-refractivity contribution in [2.75, 3.05) is 102 Å². The van der Waals surface area contributed by atoms with Gasteiger partial charge in [0.15, 0.2) is 5.65 Å². The summed E-state index contributed by atoms with van der Waals surface area (Å²) in [7, 11) is 0. The summed E-state index contributed by atoms with van der Waals surface area (Å²) >= 11 is 0. The molecular weight excluding hydrogens is 875 g/mol. The minimum Gasteiger partial charge on any atom is -0.457 e. The third kappa shape index (κ3) is 9.32. The van der Waals surface area contributed by atoms with E-state index in [1.807, 2.05) is 66.7 Å². The number of likely N-dealkylation sites (tertiary alicyclic amines) is 2. The molecule has 360 valence electrons. The second-order valence-corrected chi connectivity index (χ2v) is 19.4. The van der Waals surface area contributed by atoms with Crippen LogP contribution in [0.25, 0.3) is 22.3 Å². The first-order valence-electron chi connectivity index (χ1n) is 24.8. The number of fused-ring (bicyclic) bond motifs is 2. The summed E-state index contributed by atoms with van der Waals surface area (Å²) in [6.07, 6.45) is 6.11. The molecule has 0 spiro atoms. The Morgan fingerprint density at radius 2 is 1.45 bits per heavy atom. The summed E-state index contributed by atoms with van der Waals surface area (Å²) < 4.78 is 8.12. The summed E-state index contributed by atoms with van der Waals surface area (Å²) in [5.41, 5.74) is 11.6. The van der Waals surface area contributed by atoms with Crippen molar-refractivity contribution in [3.63, 3.8) is 0 Å². The zero-order valence-corrected chi connectivity index (χ0v) is 39.1. The average molecular weight is 936 g/mol. The summed E-state index contributed by atoms with van der Waals surface area (Å²) in [5.74, 6) is 1.14. The number of benzene rings is 3. The number of hydrogen-bond acceptors (Lipinski definition) is 13. The van der Waals surface area contributed by atoms with Gasteiger partial charge in [0.05, 0.1) is 11.4 Å². The van der Waals surface area contributed by atoms with E-state index in [2.05, 4.69) is 50.4 Å². The van der Waals surface area contributed by atoms with Gasteiger partial charge in [-0.3, -0.25) is 34.4 Å². The number of urea groups is 1. The van der Waals surface area contributed by atoms with Crippen molar-refractivity contribution in [2.45, 2.75) is 63.2 Å². The van der Waals surface area contributed by atoms with Gasteiger partial charge in [-0.2, -0.15) is 5.10 Å². The Morgan fingerprint density at radius 3 is 2.19 bits per heavy atom. The standard InChI is InChI=1S/C51H61N13O5/c52-47-45-46(35-8-11-41(12-9-35)69-40-6-2-1-3-7-40)56-64(48(45)54-34-53-47)39-5-4-18-62(33-39)37-16-19-60(20-17-37)51(68)61-29-25-58(26-30-61)22-21-57-23-27-59(28-24-57)38-10-13-42-36(31-38)32-63(50(42)67)43-14-15-44(65)55-49(43)66/h1-3,6-13,31,34,37,39,43H,4-5,14-30,32-33H2,(H2,52,53,54)(H,55,65,66). The molecule has 3 N–H and O–H groups in total. The first kappa shape index (κ1) is 44.9. The minimum atomic E-state index is -0.606. The Labute approximate surface area is 401 Å². The van der Waals surface area contributed by atoms with E-state index >= 15 is 0 Å². The lowest BCUT2D eigenvalue weighted by Gasteiger charge is -2.44. The quantitative estimate of drug-likeness (QED) is 0.190. The molecule has 5 aromatic rings. The molecule has 2 unspecified atom stereocenters. The van der Waals surface area contributed by atoms with Crippen LogP contribution in [0.2, 0.25) is 0 Å². The van der Waals surface area contributed by atoms with Crippen LogP contribution in [0.5, 0.6) is 11.5 Å². The number of nitrogen functional groups attached to an aromatic ring is 1. The van der Waals surface area contributed by atoms with Crippen molar-refractivity contribution in [3.05, 3.63) is 90.3 Å². The fourth-order valence-corrected chi connectivity index (χ4v) is 11.3. The molecule has 5 amide bonds. The molecule has 8 heterocycles. The first-order valence-corrected chi connectivity index (χ1v) is 24.8. The number of piperazine rings is 2. The van der Waals surface area contributed by atoms with E-state index in [1.54, 1.807) is 4.90 Å². The fraction of sp³-hybridized carbons (Fsp3) is 0.471. The lowest BCUT2D eigenvalue weighted by molar-refractivity contribution is -0.136. The molecule has 0 radical (unpaired) electrons. The topological polar surface area (TPSA) is 182 Å². The van der Waals surface area contributed by atoms with Crippen LogP contribution in [-0.4, -0.2) is 177 Å². The number of para-hydroxylation sites is 1. The number of nitrogens with two attached hydrogens (primary N) is 1. The molecule has 0 saturated carbocycles. The zero-order chi connectivity index (χ0) is 47.0. The highest BCUT2D eigenvalue weighted by molar-refractivity contribution is 6.05. The molecule has 2 atom stereocenters. The number of nitrogens with zero attached hydrogens (tertiary/aromatic N) is 11. The summed E-state index contributed by atoms with van der Waals surface area (Å²) in [5, 5.41) is 8.33. The average Bonchev–Trinajstić information content (AvgIpc) is 3.94. The monoisotopic (exact) mass is 935 g/mol. The number of nitrogens with one attached hydrogen (secondary N) is 1. The molecule has 69 heavy (non-hydrogen) atoms. The Kier molecular flexibility index (Phi) is 12.6. The lowest BCUT2D eigenvalue weighted by atomic mass is 9.98. The molecular formula is C51H61N13O5. The van der Waals surface area contributed by atoms with Crippen LogP contribution >= 0.6 is 0 Å². The van der Waals surface area contributed by atoms with E-state index in [0.29, 0.717) is 30.4 Å². The van der Waals surface area contributed by atoms with E-state index in [0.717, 1.165) is 162 Å². The Balaban J connectivity index is 0.622. The van der Waals surface area contributed by atoms with Gasteiger partial charge >= 0.3 is 6.03 Å². The van der Waals surface area contributed by atoms with Crippen LogP contribution in [-0.2, 0) is 16.1 Å². The van der Waals surface area contributed by atoms with Gasteiger partial charge in [-0.1, -0.05) is 18.2 Å². The number of carbonyl (C=O) groups excluding carboxylic acids is 4. The first-order chi connectivity index (χ1) is 33.7. The van der Waals surface area contributed by atoms with Gasteiger partial charge in [0.2, 0.25) is 11.8 Å². The van der Waals surface area contributed by atoms with Crippen molar-refractivity contribution in [3.8, 4) is 22.8 Å². The maximum Gasteiger partial charge on any atom is 0.320 e. The van der Waals surface area contributed by atoms with Crippen molar-refractivity contribution < 1.29 is 23.9 Å². The van der Waals surface area contributed by atoms with E-state index in [4.69, 9.17) is 20.6 Å². The van der Waals surface area contributed by atoms with Crippen LogP contribution in [0.1, 0.15) is 60.5 Å². The molecule has 0 aliphatic carbocycles. The van der Waals surface area contributed by atoms with Gasteiger partial charge in [0.1, 0.15) is 35.4 Å². The summed E-state index contributed by atoms with van der Waals surface area (Å²) in [4.78, 5) is 75.9. The summed E-state index contributed by atoms with van der Waals surface area (Å²) in [6.45, 7) is 12.8. The molecule has 2 aromatic heterocycles. The molecule has 0 bridgehead atoms. The van der Waals surface area contributed by atoms with E-state index < -0.39 is 6.04 Å². The Hall–Kier alpha value is -6.63. The largest absolute Gasteiger partial charge is 0.457 e. The number of anilines is 2.